The number of aromatic nitrogens is 1. The van der Waals surface area contributed by atoms with Gasteiger partial charge in [-0.2, -0.15) is 5.10 Å². The van der Waals surface area contributed by atoms with Crippen molar-refractivity contribution < 1.29 is 9.59 Å². The van der Waals surface area contributed by atoms with E-state index in [2.05, 4.69) is 16.2 Å². The summed E-state index contributed by atoms with van der Waals surface area (Å²) in [6, 6.07) is 15.9. The van der Waals surface area contributed by atoms with Crippen LogP contribution in [0.25, 0.3) is 10.9 Å². The lowest BCUT2D eigenvalue weighted by Crippen LogP contribution is -2.65. The Morgan fingerprint density at radius 1 is 1.10 bits per heavy atom. The Kier molecular flexibility index (Phi) is 3.84. The number of benzene rings is 2. The van der Waals surface area contributed by atoms with Crippen LogP contribution in [0, 0.1) is 6.92 Å². The average molecular weight is 386 g/mol. The molecule has 0 saturated carbocycles. The van der Waals surface area contributed by atoms with Gasteiger partial charge in [0.25, 0.3) is 5.91 Å². The normalized spacial score (nSPS) is 21.7. The number of hydrogen-bond acceptors (Lipinski definition) is 3. The molecule has 0 bridgehead atoms. The van der Waals surface area contributed by atoms with E-state index < -0.39 is 5.54 Å². The van der Waals surface area contributed by atoms with Crippen molar-refractivity contribution in [1.82, 2.24) is 14.9 Å². The van der Waals surface area contributed by atoms with Crippen molar-refractivity contribution in [3.8, 4) is 0 Å². The second-order valence-corrected chi connectivity index (χ2v) is 7.86. The molecule has 6 nitrogen and oxygen atoms in total. The predicted octanol–water partition coefficient (Wildman–Crippen LogP) is 2.95. The first-order chi connectivity index (χ1) is 14.0. The van der Waals surface area contributed by atoms with Gasteiger partial charge in [-0.3, -0.25) is 9.59 Å². The molecule has 0 unspecified atom stereocenters. The van der Waals surface area contributed by atoms with Gasteiger partial charge >= 0.3 is 0 Å². The standard InChI is InChI=1S/C23H22N4O2/c1-15-7-3-4-8-16(15)13-24-27-14-20(28)26-12-11-18-17-9-5-6-10-19(17)25-21(18)23(26,2)22(27)29/h3-10,13,25H,11-12,14H2,1-2H3/b24-13-/t23-/m0/s1. The highest BCUT2D eigenvalue weighted by molar-refractivity contribution is 6.01. The predicted molar refractivity (Wildman–Crippen MR) is 112 cm³/mol. The maximum atomic E-state index is 13.6. The van der Waals surface area contributed by atoms with Gasteiger partial charge in [0.15, 0.2) is 5.54 Å². The second-order valence-electron chi connectivity index (χ2n) is 7.86. The van der Waals surface area contributed by atoms with Gasteiger partial charge in [0.05, 0.1) is 11.9 Å². The van der Waals surface area contributed by atoms with Crippen LogP contribution in [-0.4, -0.2) is 46.0 Å². The smallest absolute Gasteiger partial charge is 0.275 e. The molecule has 1 aromatic heterocycles. The minimum atomic E-state index is -1.08. The fourth-order valence-electron chi connectivity index (χ4n) is 4.55. The van der Waals surface area contributed by atoms with E-state index in [1.165, 1.54) is 5.01 Å². The van der Waals surface area contributed by atoms with Crippen molar-refractivity contribution in [1.29, 1.82) is 0 Å². The quantitative estimate of drug-likeness (QED) is 0.688. The Bertz CT molecular complexity index is 1180. The molecule has 2 aliphatic rings. The number of hydrazone groups is 1. The zero-order chi connectivity index (χ0) is 20.2. The summed E-state index contributed by atoms with van der Waals surface area (Å²) in [7, 11) is 0. The van der Waals surface area contributed by atoms with Gasteiger partial charge in [-0.25, -0.2) is 5.01 Å². The van der Waals surface area contributed by atoms with Crippen LogP contribution < -0.4 is 0 Å². The molecule has 1 fully saturated rings. The van der Waals surface area contributed by atoms with E-state index in [9.17, 15) is 9.59 Å². The van der Waals surface area contributed by atoms with E-state index in [-0.39, 0.29) is 18.4 Å². The van der Waals surface area contributed by atoms with Gasteiger partial charge in [0, 0.05) is 17.4 Å². The minimum Gasteiger partial charge on any atom is -0.356 e. The second kappa shape index (κ2) is 6.30. The first kappa shape index (κ1) is 17.7. The monoisotopic (exact) mass is 386 g/mol. The summed E-state index contributed by atoms with van der Waals surface area (Å²) in [5, 5.41) is 6.83. The molecule has 6 heteroatoms. The molecule has 5 rings (SSSR count). The van der Waals surface area contributed by atoms with Gasteiger partial charge in [-0.15, -0.1) is 0 Å². The zero-order valence-corrected chi connectivity index (χ0v) is 16.5. The average Bonchev–Trinajstić information content (AvgIpc) is 3.11. The van der Waals surface area contributed by atoms with Gasteiger partial charge < -0.3 is 9.88 Å². The Labute approximate surface area is 168 Å². The number of aromatic amines is 1. The van der Waals surface area contributed by atoms with Crippen molar-refractivity contribution in [2.45, 2.75) is 25.8 Å². The summed E-state index contributed by atoms with van der Waals surface area (Å²) in [5.41, 5.74) is 3.82. The van der Waals surface area contributed by atoms with Gasteiger partial charge in [-0.05, 0) is 43.0 Å². The third-order valence-corrected chi connectivity index (χ3v) is 6.19. The number of aryl methyl sites for hydroxylation is 1. The summed E-state index contributed by atoms with van der Waals surface area (Å²) >= 11 is 0. The highest BCUT2D eigenvalue weighted by Crippen LogP contribution is 2.41. The zero-order valence-electron chi connectivity index (χ0n) is 16.5. The van der Waals surface area contributed by atoms with Crippen LogP contribution in [0.5, 0.6) is 0 Å². The van der Waals surface area contributed by atoms with Crippen molar-refractivity contribution in [3.05, 3.63) is 70.9 Å². The number of fused-ring (bicyclic) bond motifs is 5. The molecule has 1 saturated heterocycles. The molecule has 0 aliphatic carbocycles. The number of nitrogens with zero attached hydrogens (tertiary/aromatic N) is 3. The number of para-hydroxylation sites is 1. The first-order valence-corrected chi connectivity index (χ1v) is 9.82. The Balaban J connectivity index is 1.58. The molecule has 3 aromatic rings. The number of rotatable bonds is 2. The SMILES string of the molecule is Cc1ccccc1/C=N\N1CC(=O)N2CCc3c([nH]c4ccccc34)[C@@]2(C)C1=O. The molecule has 2 aliphatic heterocycles. The van der Waals surface area contributed by atoms with E-state index in [0.29, 0.717) is 6.54 Å². The lowest BCUT2D eigenvalue weighted by atomic mass is 9.83. The van der Waals surface area contributed by atoms with E-state index >= 15 is 0 Å². The van der Waals surface area contributed by atoms with Gasteiger partial charge in [-0.1, -0.05) is 42.5 Å². The summed E-state index contributed by atoms with van der Waals surface area (Å²) < 4.78 is 0. The molecule has 0 radical (unpaired) electrons. The molecule has 3 heterocycles. The third-order valence-electron chi connectivity index (χ3n) is 6.19. The van der Waals surface area contributed by atoms with E-state index in [1.807, 2.05) is 56.3 Å². The number of hydrogen-bond donors (Lipinski definition) is 1. The summed E-state index contributed by atoms with van der Waals surface area (Å²) in [5.74, 6) is -0.271. The fourth-order valence-corrected chi connectivity index (χ4v) is 4.55. The lowest BCUT2D eigenvalue weighted by Gasteiger charge is -2.48. The summed E-state index contributed by atoms with van der Waals surface area (Å²) in [6.45, 7) is 4.32. The van der Waals surface area contributed by atoms with Crippen LogP contribution in [0.1, 0.15) is 29.3 Å². The number of piperazine rings is 1. The van der Waals surface area contributed by atoms with Crippen molar-refractivity contribution in [3.63, 3.8) is 0 Å². The molecular formula is C23H22N4O2. The van der Waals surface area contributed by atoms with Crippen LogP contribution in [0.3, 0.4) is 0 Å². The molecule has 2 amide bonds. The number of amides is 2. The van der Waals surface area contributed by atoms with Crippen LogP contribution in [0.4, 0.5) is 0 Å². The molecule has 1 atom stereocenters. The van der Waals surface area contributed by atoms with Crippen molar-refractivity contribution in [2.75, 3.05) is 13.1 Å². The lowest BCUT2D eigenvalue weighted by molar-refractivity contribution is -0.165. The fraction of sp³-hybridized carbons (Fsp3) is 0.261. The highest BCUT2D eigenvalue weighted by atomic mass is 16.2. The number of carbonyl (C=O) groups excluding carboxylic acids is 2. The Morgan fingerprint density at radius 3 is 2.69 bits per heavy atom. The van der Waals surface area contributed by atoms with Crippen molar-refractivity contribution in [2.24, 2.45) is 5.10 Å². The van der Waals surface area contributed by atoms with E-state index in [4.69, 9.17) is 0 Å². The Hall–Kier alpha value is -3.41. The maximum Gasteiger partial charge on any atom is 0.275 e. The van der Waals surface area contributed by atoms with Crippen LogP contribution in [0.15, 0.2) is 53.6 Å². The molecule has 146 valence electrons. The van der Waals surface area contributed by atoms with E-state index in [1.54, 1.807) is 11.1 Å². The molecule has 2 aromatic carbocycles. The first-order valence-electron chi connectivity index (χ1n) is 9.82. The van der Waals surface area contributed by atoms with Gasteiger partial charge in [0.2, 0.25) is 5.91 Å². The Morgan fingerprint density at radius 2 is 1.86 bits per heavy atom. The number of carbonyl (C=O) groups is 2. The van der Waals surface area contributed by atoms with Gasteiger partial charge in [0.1, 0.15) is 6.54 Å². The summed E-state index contributed by atoms with van der Waals surface area (Å²) in [6.07, 6.45) is 2.40. The molecular weight excluding hydrogens is 364 g/mol. The number of H-pyrrole nitrogens is 1. The number of nitrogens with one attached hydrogen (secondary N) is 1. The largest absolute Gasteiger partial charge is 0.356 e. The van der Waals surface area contributed by atoms with Crippen LogP contribution in [-0.2, 0) is 21.5 Å². The molecule has 29 heavy (non-hydrogen) atoms. The van der Waals surface area contributed by atoms with Crippen LogP contribution in [0.2, 0.25) is 0 Å². The maximum absolute atomic E-state index is 13.6. The van der Waals surface area contributed by atoms with Crippen molar-refractivity contribution >= 4 is 28.9 Å². The molecule has 0 spiro atoms. The minimum absolute atomic E-state index is 0.0354. The third kappa shape index (κ3) is 2.52. The highest BCUT2D eigenvalue weighted by Gasteiger charge is 2.54. The summed E-state index contributed by atoms with van der Waals surface area (Å²) in [4.78, 5) is 31.6. The molecule has 1 N–H and O–H groups in total. The van der Waals surface area contributed by atoms with Crippen LogP contribution >= 0.6 is 0 Å². The topological polar surface area (TPSA) is 68.8 Å². The van der Waals surface area contributed by atoms with E-state index in [0.717, 1.165) is 39.7 Å².